The molecular weight excluding hydrogens is 475 g/mol. The third-order valence-corrected chi connectivity index (χ3v) is 7.52. The van der Waals surface area contributed by atoms with Gasteiger partial charge in [0.25, 0.3) is 0 Å². The Hall–Kier alpha value is -3.27. The molecule has 2 aliphatic heterocycles. The zero-order valence-corrected chi connectivity index (χ0v) is 21.8. The number of pyridine rings is 1. The maximum atomic E-state index is 14.5. The van der Waals surface area contributed by atoms with E-state index in [1.807, 2.05) is 18.0 Å². The van der Waals surface area contributed by atoms with Gasteiger partial charge in [-0.1, -0.05) is 20.3 Å². The zero-order chi connectivity index (χ0) is 25.9. The van der Waals surface area contributed by atoms with Gasteiger partial charge >= 0.3 is 0 Å². The SMILES string of the molecule is CCCC([C@@H]1CCN(C(=O)CC)C1)n1cc(-c2nn(-c3cnc(OC)c(F)c3)c3c2CCOCC3)cn1. The van der Waals surface area contributed by atoms with Crippen LogP contribution in [-0.4, -0.2) is 68.8 Å². The van der Waals surface area contributed by atoms with Gasteiger partial charge in [-0.05, 0) is 19.3 Å². The molecule has 5 heterocycles. The van der Waals surface area contributed by atoms with Gasteiger partial charge in [-0.3, -0.25) is 9.48 Å². The first-order valence-corrected chi connectivity index (χ1v) is 13.2. The van der Waals surface area contributed by atoms with Gasteiger partial charge in [0.05, 0.1) is 55.8 Å². The number of likely N-dealkylation sites (tertiary alicyclic amines) is 1. The summed E-state index contributed by atoms with van der Waals surface area (Å²) in [6.45, 7) is 6.89. The van der Waals surface area contributed by atoms with E-state index in [0.717, 1.165) is 61.3 Å². The maximum Gasteiger partial charge on any atom is 0.250 e. The van der Waals surface area contributed by atoms with Crippen LogP contribution >= 0.6 is 0 Å². The van der Waals surface area contributed by atoms with E-state index >= 15 is 0 Å². The molecule has 1 amide bonds. The normalized spacial score (nSPS) is 18.5. The third-order valence-electron chi connectivity index (χ3n) is 7.52. The van der Waals surface area contributed by atoms with Crippen LogP contribution in [0.3, 0.4) is 0 Å². The number of carbonyl (C=O) groups is 1. The van der Waals surface area contributed by atoms with Crippen LogP contribution in [0.25, 0.3) is 16.9 Å². The number of fused-ring (bicyclic) bond motifs is 1. The smallest absolute Gasteiger partial charge is 0.250 e. The summed E-state index contributed by atoms with van der Waals surface area (Å²) in [5.41, 5.74) is 4.42. The quantitative estimate of drug-likeness (QED) is 0.455. The zero-order valence-electron chi connectivity index (χ0n) is 21.8. The summed E-state index contributed by atoms with van der Waals surface area (Å²) < 4.78 is 29.1. The molecule has 5 rings (SSSR count). The predicted molar refractivity (Wildman–Crippen MR) is 136 cm³/mol. The van der Waals surface area contributed by atoms with Crippen LogP contribution in [0.15, 0.2) is 24.7 Å². The van der Waals surface area contributed by atoms with E-state index in [2.05, 4.69) is 22.8 Å². The van der Waals surface area contributed by atoms with Gasteiger partial charge in [-0.25, -0.2) is 14.1 Å². The summed E-state index contributed by atoms with van der Waals surface area (Å²) in [6, 6.07) is 1.62. The van der Waals surface area contributed by atoms with E-state index in [4.69, 9.17) is 19.7 Å². The standard InChI is InChI=1S/C27H35FN6O3/c1-4-6-23(18-7-10-32(16-18)25(35)5-2)33-17-19(14-30-33)26-21-8-11-37-12-9-24(21)34(31-26)20-13-22(28)27(36-3)29-15-20/h13-15,17-18,23H,4-12,16H2,1-3H3/t18-,23?/m1/s1. The number of carbonyl (C=O) groups excluding carboxylic acids is 1. The largest absolute Gasteiger partial charge is 0.479 e. The summed E-state index contributed by atoms with van der Waals surface area (Å²) >= 11 is 0. The number of hydrogen-bond donors (Lipinski definition) is 0. The lowest BCUT2D eigenvalue weighted by atomic mass is 9.95. The molecule has 0 aromatic carbocycles. The fraction of sp³-hybridized carbons (Fsp3) is 0.556. The van der Waals surface area contributed by atoms with Gasteiger partial charge in [0.15, 0.2) is 5.82 Å². The second-order valence-electron chi connectivity index (χ2n) is 9.79. The Morgan fingerprint density at radius 2 is 2.11 bits per heavy atom. The molecule has 3 aromatic heterocycles. The summed E-state index contributed by atoms with van der Waals surface area (Å²) in [6.07, 6.45) is 10.5. The fourth-order valence-electron chi connectivity index (χ4n) is 5.65. The van der Waals surface area contributed by atoms with Crippen LogP contribution < -0.4 is 4.74 Å². The average molecular weight is 511 g/mol. The number of nitrogens with zero attached hydrogens (tertiary/aromatic N) is 6. The Kier molecular flexibility index (Phi) is 7.55. The average Bonchev–Trinajstić information content (AvgIpc) is 3.62. The molecule has 1 saturated heterocycles. The van der Waals surface area contributed by atoms with Crippen molar-refractivity contribution in [2.24, 2.45) is 5.92 Å². The molecular formula is C27H35FN6O3. The number of amides is 1. The van der Waals surface area contributed by atoms with E-state index in [-0.39, 0.29) is 17.8 Å². The molecule has 0 spiro atoms. The highest BCUT2D eigenvalue weighted by molar-refractivity contribution is 5.76. The van der Waals surface area contributed by atoms with Crippen molar-refractivity contribution in [3.8, 4) is 22.8 Å². The topological polar surface area (TPSA) is 87.3 Å². The minimum atomic E-state index is -0.530. The van der Waals surface area contributed by atoms with Crippen LogP contribution in [0.2, 0.25) is 0 Å². The Bertz CT molecular complexity index is 1250. The van der Waals surface area contributed by atoms with Gasteiger partial charge in [0, 0.05) is 55.2 Å². The maximum absolute atomic E-state index is 14.5. The van der Waals surface area contributed by atoms with Crippen LogP contribution in [0, 0.1) is 11.7 Å². The molecule has 10 heteroatoms. The first-order valence-electron chi connectivity index (χ1n) is 13.2. The Morgan fingerprint density at radius 3 is 2.86 bits per heavy atom. The van der Waals surface area contributed by atoms with Gasteiger partial charge in [-0.2, -0.15) is 10.2 Å². The summed E-state index contributed by atoms with van der Waals surface area (Å²) in [4.78, 5) is 18.4. The molecule has 0 N–H and O–H groups in total. The molecule has 3 aromatic rings. The predicted octanol–water partition coefficient (Wildman–Crippen LogP) is 3.99. The monoisotopic (exact) mass is 510 g/mol. The first-order chi connectivity index (χ1) is 18.0. The minimum Gasteiger partial charge on any atom is -0.479 e. The van der Waals surface area contributed by atoms with Crippen molar-refractivity contribution in [3.05, 3.63) is 41.7 Å². The lowest BCUT2D eigenvalue weighted by Crippen LogP contribution is -2.29. The Morgan fingerprint density at radius 1 is 1.27 bits per heavy atom. The van der Waals surface area contributed by atoms with E-state index in [1.165, 1.54) is 13.2 Å². The van der Waals surface area contributed by atoms with Crippen molar-refractivity contribution >= 4 is 5.91 Å². The van der Waals surface area contributed by atoms with Gasteiger partial charge in [0.2, 0.25) is 11.8 Å². The number of hydrogen-bond acceptors (Lipinski definition) is 6. The van der Waals surface area contributed by atoms with Crippen molar-refractivity contribution < 1.29 is 18.7 Å². The van der Waals surface area contributed by atoms with Crippen LogP contribution in [0.5, 0.6) is 5.88 Å². The first kappa shape index (κ1) is 25.4. The lowest BCUT2D eigenvalue weighted by molar-refractivity contribution is -0.130. The Labute approximate surface area is 216 Å². The van der Waals surface area contributed by atoms with Gasteiger partial charge in [-0.15, -0.1) is 0 Å². The number of rotatable bonds is 8. The lowest BCUT2D eigenvalue weighted by Gasteiger charge is -2.24. The van der Waals surface area contributed by atoms with Crippen molar-refractivity contribution in [1.82, 2.24) is 29.4 Å². The molecule has 0 bridgehead atoms. The highest BCUT2D eigenvalue weighted by atomic mass is 19.1. The van der Waals surface area contributed by atoms with Crippen molar-refractivity contribution in [3.63, 3.8) is 0 Å². The molecule has 198 valence electrons. The molecule has 1 fully saturated rings. The van der Waals surface area contributed by atoms with Gasteiger partial charge in [0.1, 0.15) is 0 Å². The highest BCUT2D eigenvalue weighted by Crippen LogP contribution is 2.35. The van der Waals surface area contributed by atoms with Crippen molar-refractivity contribution in [2.75, 3.05) is 33.4 Å². The number of ether oxygens (including phenoxy) is 2. The van der Waals surface area contributed by atoms with E-state index in [0.29, 0.717) is 37.7 Å². The molecule has 9 nitrogen and oxygen atoms in total. The van der Waals surface area contributed by atoms with Gasteiger partial charge < -0.3 is 14.4 Å². The number of methoxy groups -OCH3 is 1. The van der Waals surface area contributed by atoms with Crippen LogP contribution in [0.1, 0.15) is 56.8 Å². The fourth-order valence-corrected chi connectivity index (χ4v) is 5.65. The van der Waals surface area contributed by atoms with Crippen molar-refractivity contribution in [1.29, 1.82) is 0 Å². The molecule has 0 aliphatic carbocycles. The van der Waals surface area contributed by atoms with E-state index in [1.54, 1.807) is 10.9 Å². The van der Waals surface area contributed by atoms with Crippen molar-refractivity contribution in [2.45, 2.75) is 58.4 Å². The number of halogens is 1. The summed E-state index contributed by atoms with van der Waals surface area (Å²) in [5.74, 6) is 0.0244. The number of aromatic nitrogens is 5. The summed E-state index contributed by atoms with van der Waals surface area (Å²) in [5, 5.41) is 9.72. The highest BCUT2D eigenvalue weighted by Gasteiger charge is 2.33. The minimum absolute atomic E-state index is 0.0417. The van der Waals surface area contributed by atoms with Crippen LogP contribution in [0.4, 0.5) is 4.39 Å². The third kappa shape index (κ3) is 4.99. The van der Waals surface area contributed by atoms with Crippen LogP contribution in [-0.2, 0) is 22.4 Å². The Balaban J connectivity index is 1.49. The molecule has 1 unspecified atom stereocenters. The molecule has 0 saturated carbocycles. The molecule has 0 radical (unpaired) electrons. The summed E-state index contributed by atoms with van der Waals surface area (Å²) in [7, 11) is 1.40. The van der Waals surface area contributed by atoms with E-state index < -0.39 is 5.82 Å². The van der Waals surface area contributed by atoms with E-state index in [9.17, 15) is 9.18 Å². The second kappa shape index (κ2) is 11.0. The second-order valence-corrected chi connectivity index (χ2v) is 9.79. The molecule has 2 atom stereocenters. The molecule has 37 heavy (non-hydrogen) atoms. The molecule has 2 aliphatic rings.